The second kappa shape index (κ2) is 7.79. The van der Waals surface area contributed by atoms with Gasteiger partial charge in [-0.05, 0) is 38.3 Å². The Kier molecular flexibility index (Phi) is 5.77. The standard InChI is InChI=1S/C16H24N4O2/c1-12-5-3-9-20-11-14(19-15(12)20)7-8-17-16(22)18-13(2)6-4-10-21/h3,5,9,11,13,21H,4,6-8,10H2,1-2H3,(H2,17,18,22). The number of carbonyl (C=O) groups is 1. The molecule has 0 fully saturated rings. The van der Waals surface area contributed by atoms with Crippen molar-refractivity contribution in [1.82, 2.24) is 20.0 Å². The fourth-order valence-electron chi connectivity index (χ4n) is 2.37. The number of aromatic nitrogens is 2. The smallest absolute Gasteiger partial charge is 0.315 e. The normalized spacial score (nSPS) is 12.3. The van der Waals surface area contributed by atoms with Gasteiger partial charge in [0, 0.05) is 38.0 Å². The highest BCUT2D eigenvalue weighted by Gasteiger charge is 2.07. The first-order valence-electron chi connectivity index (χ1n) is 7.68. The molecule has 1 unspecified atom stereocenters. The summed E-state index contributed by atoms with van der Waals surface area (Å²) < 4.78 is 2.00. The molecule has 2 heterocycles. The number of nitrogens with one attached hydrogen (secondary N) is 2. The van der Waals surface area contributed by atoms with E-state index >= 15 is 0 Å². The van der Waals surface area contributed by atoms with Crippen LogP contribution in [0.2, 0.25) is 0 Å². The lowest BCUT2D eigenvalue weighted by Gasteiger charge is -2.13. The molecule has 2 amide bonds. The monoisotopic (exact) mass is 304 g/mol. The van der Waals surface area contributed by atoms with Gasteiger partial charge in [-0.3, -0.25) is 0 Å². The van der Waals surface area contributed by atoms with E-state index in [9.17, 15) is 4.79 Å². The molecule has 1 atom stereocenters. The van der Waals surface area contributed by atoms with Crippen LogP contribution in [0.4, 0.5) is 4.79 Å². The molecule has 0 radical (unpaired) electrons. The van der Waals surface area contributed by atoms with Crippen LogP contribution in [0, 0.1) is 6.92 Å². The van der Waals surface area contributed by atoms with Crippen molar-refractivity contribution in [2.45, 2.75) is 39.2 Å². The molecular formula is C16H24N4O2. The first-order valence-corrected chi connectivity index (χ1v) is 7.68. The summed E-state index contributed by atoms with van der Waals surface area (Å²) in [4.78, 5) is 16.3. The van der Waals surface area contributed by atoms with Crippen LogP contribution in [0.15, 0.2) is 24.5 Å². The molecule has 22 heavy (non-hydrogen) atoms. The van der Waals surface area contributed by atoms with E-state index in [-0.39, 0.29) is 18.7 Å². The molecular weight excluding hydrogens is 280 g/mol. The topological polar surface area (TPSA) is 78.7 Å². The maximum atomic E-state index is 11.7. The van der Waals surface area contributed by atoms with Crippen molar-refractivity contribution < 1.29 is 9.90 Å². The third kappa shape index (κ3) is 4.46. The highest BCUT2D eigenvalue weighted by Crippen LogP contribution is 2.09. The fourth-order valence-corrected chi connectivity index (χ4v) is 2.37. The second-order valence-electron chi connectivity index (χ2n) is 5.57. The van der Waals surface area contributed by atoms with Crippen LogP contribution < -0.4 is 10.6 Å². The van der Waals surface area contributed by atoms with E-state index in [0.717, 1.165) is 23.3 Å². The first-order chi connectivity index (χ1) is 10.6. The number of rotatable bonds is 7. The molecule has 0 aliphatic carbocycles. The maximum absolute atomic E-state index is 11.7. The number of nitrogens with zero attached hydrogens (tertiary/aromatic N) is 2. The molecule has 0 aliphatic heterocycles. The predicted octanol–water partition coefficient (Wildman–Crippen LogP) is 1.65. The molecule has 120 valence electrons. The molecule has 0 aliphatic rings. The molecule has 2 aromatic heterocycles. The lowest BCUT2D eigenvalue weighted by molar-refractivity contribution is 0.234. The van der Waals surface area contributed by atoms with Gasteiger partial charge < -0.3 is 20.1 Å². The summed E-state index contributed by atoms with van der Waals surface area (Å²) in [7, 11) is 0. The molecule has 0 aromatic carbocycles. The van der Waals surface area contributed by atoms with Crippen LogP contribution in [0.1, 0.15) is 31.0 Å². The minimum atomic E-state index is -0.176. The number of carbonyl (C=O) groups excluding carboxylic acids is 1. The average molecular weight is 304 g/mol. The van der Waals surface area contributed by atoms with Crippen molar-refractivity contribution in [3.63, 3.8) is 0 Å². The van der Waals surface area contributed by atoms with E-state index in [1.807, 2.05) is 42.8 Å². The Morgan fingerprint density at radius 1 is 1.50 bits per heavy atom. The number of imidazole rings is 1. The molecule has 0 spiro atoms. The van der Waals surface area contributed by atoms with Gasteiger partial charge in [0.05, 0.1) is 5.69 Å². The van der Waals surface area contributed by atoms with Gasteiger partial charge in [-0.2, -0.15) is 0 Å². The summed E-state index contributed by atoms with van der Waals surface area (Å²) >= 11 is 0. The zero-order valence-corrected chi connectivity index (χ0v) is 13.2. The molecule has 0 bridgehead atoms. The average Bonchev–Trinajstić information content (AvgIpc) is 2.89. The third-order valence-corrected chi connectivity index (χ3v) is 3.57. The van der Waals surface area contributed by atoms with E-state index in [0.29, 0.717) is 19.4 Å². The van der Waals surface area contributed by atoms with E-state index < -0.39 is 0 Å². The summed E-state index contributed by atoms with van der Waals surface area (Å²) in [6.07, 6.45) is 6.13. The summed E-state index contributed by atoms with van der Waals surface area (Å²) in [5, 5.41) is 14.4. The van der Waals surface area contributed by atoms with Crippen LogP contribution in [-0.4, -0.2) is 39.7 Å². The van der Waals surface area contributed by atoms with Crippen LogP contribution in [-0.2, 0) is 6.42 Å². The van der Waals surface area contributed by atoms with E-state index in [2.05, 4.69) is 15.6 Å². The number of urea groups is 1. The lowest BCUT2D eigenvalue weighted by atomic mass is 10.2. The van der Waals surface area contributed by atoms with E-state index in [1.54, 1.807) is 0 Å². The van der Waals surface area contributed by atoms with Gasteiger partial charge in [0.25, 0.3) is 0 Å². The number of aryl methyl sites for hydroxylation is 1. The number of fused-ring (bicyclic) bond motifs is 1. The van der Waals surface area contributed by atoms with Crippen LogP contribution in [0.5, 0.6) is 0 Å². The van der Waals surface area contributed by atoms with E-state index in [4.69, 9.17) is 5.11 Å². The number of pyridine rings is 1. The summed E-state index contributed by atoms with van der Waals surface area (Å²) in [6, 6.07) is 3.91. The second-order valence-corrected chi connectivity index (χ2v) is 5.57. The van der Waals surface area contributed by atoms with Gasteiger partial charge in [-0.15, -0.1) is 0 Å². The van der Waals surface area contributed by atoms with E-state index in [1.165, 1.54) is 0 Å². The molecule has 6 nitrogen and oxygen atoms in total. The van der Waals surface area contributed by atoms with Crippen LogP contribution in [0.3, 0.4) is 0 Å². The number of hydrogen-bond donors (Lipinski definition) is 3. The molecule has 2 rings (SSSR count). The van der Waals surface area contributed by atoms with Crippen molar-refractivity contribution in [2.75, 3.05) is 13.2 Å². The summed E-state index contributed by atoms with van der Waals surface area (Å²) in [5.74, 6) is 0. The Hall–Kier alpha value is -2.08. The summed E-state index contributed by atoms with van der Waals surface area (Å²) in [5.41, 5.74) is 3.06. The van der Waals surface area contributed by atoms with Gasteiger partial charge in [0.2, 0.25) is 0 Å². The molecule has 0 saturated carbocycles. The minimum absolute atomic E-state index is 0.0602. The number of hydrogen-bond acceptors (Lipinski definition) is 3. The maximum Gasteiger partial charge on any atom is 0.315 e. The first kappa shape index (κ1) is 16.3. The van der Waals surface area contributed by atoms with Crippen molar-refractivity contribution in [1.29, 1.82) is 0 Å². The van der Waals surface area contributed by atoms with Gasteiger partial charge in [-0.25, -0.2) is 9.78 Å². The molecule has 2 aromatic rings. The van der Waals surface area contributed by atoms with Crippen molar-refractivity contribution in [3.05, 3.63) is 35.8 Å². The number of amides is 2. The SMILES string of the molecule is Cc1cccn2cc(CCNC(=O)NC(C)CCCO)nc12. The van der Waals surface area contributed by atoms with Gasteiger partial charge in [-0.1, -0.05) is 6.07 Å². The molecule has 6 heteroatoms. The van der Waals surface area contributed by atoms with Crippen molar-refractivity contribution >= 4 is 11.7 Å². The fraction of sp³-hybridized carbons (Fsp3) is 0.500. The summed E-state index contributed by atoms with van der Waals surface area (Å²) in [6.45, 7) is 4.66. The Balaban J connectivity index is 1.77. The Labute approximate surface area is 130 Å². The predicted molar refractivity (Wildman–Crippen MR) is 85.9 cm³/mol. The van der Waals surface area contributed by atoms with Crippen molar-refractivity contribution in [2.24, 2.45) is 0 Å². The van der Waals surface area contributed by atoms with Gasteiger partial charge in [0.15, 0.2) is 0 Å². The van der Waals surface area contributed by atoms with Gasteiger partial charge >= 0.3 is 6.03 Å². The Morgan fingerprint density at radius 3 is 3.05 bits per heavy atom. The quantitative estimate of drug-likeness (QED) is 0.727. The highest BCUT2D eigenvalue weighted by atomic mass is 16.3. The van der Waals surface area contributed by atoms with Crippen molar-refractivity contribution in [3.8, 4) is 0 Å². The zero-order chi connectivity index (χ0) is 15.9. The molecule has 0 saturated heterocycles. The third-order valence-electron chi connectivity index (χ3n) is 3.57. The molecule has 3 N–H and O–H groups in total. The van der Waals surface area contributed by atoms with Gasteiger partial charge in [0.1, 0.15) is 5.65 Å². The lowest BCUT2D eigenvalue weighted by Crippen LogP contribution is -2.41. The van der Waals surface area contributed by atoms with Crippen LogP contribution in [0.25, 0.3) is 5.65 Å². The zero-order valence-electron chi connectivity index (χ0n) is 13.2. The largest absolute Gasteiger partial charge is 0.396 e. The highest BCUT2D eigenvalue weighted by molar-refractivity contribution is 5.74. The minimum Gasteiger partial charge on any atom is -0.396 e. The number of aliphatic hydroxyl groups excluding tert-OH is 1. The Morgan fingerprint density at radius 2 is 2.32 bits per heavy atom. The Bertz CT molecular complexity index is 624. The van der Waals surface area contributed by atoms with Crippen LogP contribution >= 0.6 is 0 Å². The number of aliphatic hydroxyl groups is 1.